The number of fused-ring (bicyclic) bond motifs is 1. The standard InChI is InChI=1S/C19H21NO2/c20-17(19(21)22)12-15-11-10-13-6-4-5-9-16(13)18(15)14-7-2-1-3-8-14/h1-9,15,17-18H,10-12,20H2,(H,21,22). The molecule has 0 radical (unpaired) electrons. The highest BCUT2D eigenvalue weighted by atomic mass is 16.4. The molecule has 3 heteroatoms. The number of rotatable bonds is 4. The van der Waals surface area contributed by atoms with Crippen molar-refractivity contribution in [3.05, 3.63) is 71.3 Å². The maximum absolute atomic E-state index is 11.1. The lowest BCUT2D eigenvalue weighted by Crippen LogP contribution is -2.35. The van der Waals surface area contributed by atoms with Gasteiger partial charge in [0, 0.05) is 5.92 Å². The van der Waals surface area contributed by atoms with Crippen LogP contribution >= 0.6 is 0 Å². The van der Waals surface area contributed by atoms with E-state index in [1.807, 2.05) is 18.2 Å². The molecule has 0 bridgehead atoms. The van der Waals surface area contributed by atoms with Gasteiger partial charge in [-0.15, -0.1) is 0 Å². The number of aliphatic carboxylic acids is 1. The van der Waals surface area contributed by atoms with Crippen molar-refractivity contribution >= 4 is 5.97 Å². The summed E-state index contributed by atoms with van der Waals surface area (Å²) in [6.07, 6.45) is 2.50. The summed E-state index contributed by atoms with van der Waals surface area (Å²) in [4.78, 5) is 11.1. The first-order valence-electron chi connectivity index (χ1n) is 7.78. The van der Waals surface area contributed by atoms with Crippen molar-refractivity contribution in [2.45, 2.75) is 31.2 Å². The van der Waals surface area contributed by atoms with Gasteiger partial charge in [-0.25, -0.2) is 0 Å². The number of carboxylic acids is 1. The Hall–Kier alpha value is -2.13. The van der Waals surface area contributed by atoms with E-state index in [4.69, 9.17) is 10.8 Å². The highest BCUT2D eigenvalue weighted by Crippen LogP contribution is 2.42. The molecule has 0 fully saturated rings. The number of aryl methyl sites for hydroxylation is 1. The van der Waals surface area contributed by atoms with Crippen molar-refractivity contribution in [3.8, 4) is 0 Å². The summed E-state index contributed by atoms with van der Waals surface area (Å²) in [5, 5.41) is 9.14. The van der Waals surface area contributed by atoms with Gasteiger partial charge in [-0.1, -0.05) is 54.6 Å². The second kappa shape index (κ2) is 6.32. The van der Waals surface area contributed by atoms with Gasteiger partial charge in [0.05, 0.1) is 0 Å². The van der Waals surface area contributed by atoms with Gasteiger partial charge in [0.2, 0.25) is 0 Å². The Morgan fingerprint density at radius 1 is 1.14 bits per heavy atom. The minimum absolute atomic E-state index is 0.233. The van der Waals surface area contributed by atoms with Crippen molar-refractivity contribution in [1.82, 2.24) is 0 Å². The average molecular weight is 295 g/mol. The first-order chi connectivity index (χ1) is 10.7. The van der Waals surface area contributed by atoms with Gasteiger partial charge in [-0.3, -0.25) is 4.79 Å². The molecular weight excluding hydrogens is 274 g/mol. The molecule has 2 aromatic rings. The Bertz CT molecular complexity index is 653. The average Bonchev–Trinajstić information content (AvgIpc) is 2.55. The summed E-state index contributed by atoms with van der Waals surface area (Å²) in [7, 11) is 0. The molecule has 2 aromatic carbocycles. The van der Waals surface area contributed by atoms with Crippen LogP contribution in [0.5, 0.6) is 0 Å². The Labute approximate surface area is 130 Å². The maximum atomic E-state index is 11.1. The molecule has 0 amide bonds. The monoisotopic (exact) mass is 295 g/mol. The summed E-state index contributed by atoms with van der Waals surface area (Å²) in [5.41, 5.74) is 9.75. The van der Waals surface area contributed by atoms with Crippen molar-refractivity contribution in [1.29, 1.82) is 0 Å². The van der Waals surface area contributed by atoms with Crippen molar-refractivity contribution in [2.75, 3.05) is 0 Å². The zero-order chi connectivity index (χ0) is 15.5. The predicted octanol–water partition coefficient (Wildman–Crippen LogP) is 3.18. The normalized spacial score (nSPS) is 21.9. The Morgan fingerprint density at radius 2 is 1.82 bits per heavy atom. The van der Waals surface area contributed by atoms with E-state index in [1.165, 1.54) is 16.7 Å². The fraction of sp³-hybridized carbons (Fsp3) is 0.316. The molecule has 3 atom stereocenters. The molecule has 0 aliphatic heterocycles. The molecule has 1 aliphatic rings. The van der Waals surface area contributed by atoms with Crippen LogP contribution in [-0.4, -0.2) is 17.1 Å². The number of nitrogens with two attached hydrogens (primary N) is 1. The molecule has 0 spiro atoms. The van der Waals surface area contributed by atoms with Gasteiger partial charge in [0.25, 0.3) is 0 Å². The van der Waals surface area contributed by atoms with E-state index in [2.05, 4.69) is 36.4 Å². The lowest BCUT2D eigenvalue weighted by atomic mass is 9.70. The zero-order valence-corrected chi connectivity index (χ0v) is 12.5. The largest absolute Gasteiger partial charge is 0.480 e. The molecule has 3 N–H and O–H groups in total. The van der Waals surface area contributed by atoms with E-state index in [0.717, 1.165) is 12.8 Å². The van der Waals surface area contributed by atoms with E-state index < -0.39 is 12.0 Å². The van der Waals surface area contributed by atoms with Crippen molar-refractivity contribution in [3.63, 3.8) is 0 Å². The third-order valence-corrected chi connectivity index (χ3v) is 4.68. The molecule has 3 unspecified atom stereocenters. The number of carboxylic acid groups (broad SMARTS) is 1. The molecule has 0 heterocycles. The first kappa shape index (κ1) is 14.8. The smallest absolute Gasteiger partial charge is 0.320 e. The van der Waals surface area contributed by atoms with Crippen molar-refractivity contribution < 1.29 is 9.90 Å². The van der Waals surface area contributed by atoms with Crippen LogP contribution in [0.4, 0.5) is 0 Å². The molecule has 0 saturated heterocycles. The lowest BCUT2D eigenvalue weighted by molar-refractivity contribution is -0.139. The molecule has 0 aromatic heterocycles. The second-order valence-electron chi connectivity index (χ2n) is 6.07. The van der Waals surface area contributed by atoms with Gasteiger partial charge in [-0.05, 0) is 41.9 Å². The van der Waals surface area contributed by atoms with E-state index in [9.17, 15) is 4.79 Å². The quantitative estimate of drug-likeness (QED) is 0.910. The first-order valence-corrected chi connectivity index (χ1v) is 7.78. The van der Waals surface area contributed by atoms with Crippen LogP contribution in [0.1, 0.15) is 35.4 Å². The van der Waals surface area contributed by atoms with Crippen LogP contribution in [0.15, 0.2) is 54.6 Å². The van der Waals surface area contributed by atoms with E-state index >= 15 is 0 Å². The Morgan fingerprint density at radius 3 is 2.55 bits per heavy atom. The minimum atomic E-state index is -0.911. The molecule has 0 saturated carbocycles. The van der Waals surface area contributed by atoms with Gasteiger partial charge in [0.1, 0.15) is 6.04 Å². The molecule has 3 rings (SSSR count). The molecule has 3 nitrogen and oxygen atoms in total. The molecule has 22 heavy (non-hydrogen) atoms. The molecule has 1 aliphatic carbocycles. The fourth-order valence-corrected chi connectivity index (χ4v) is 3.62. The van der Waals surface area contributed by atoms with Gasteiger partial charge in [0.15, 0.2) is 0 Å². The van der Waals surface area contributed by atoms with Gasteiger partial charge >= 0.3 is 5.97 Å². The van der Waals surface area contributed by atoms with Crippen LogP contribution in [0.2, 0.25) is 0 Å². The van der Waals surface area contributed by atoms with Crippen LogP contribution < -0.4 is 5.73 Å². The number of carbonyl (C=O) groups is 1. The van der Waals surface area contributed by atoms with Crippen LogP contribution in [0.3, 0.4) is 0 Å². The summed E-state index contributed by atoms with van der Waals surface area (Å²) in [5.74, 6) is -0.411. The summed E-state index contributed by atoms with van der Waals surface area (Å²) >= 11 is 0. The molecule has 114 valence electrons. The van der Waals surface area contributed by atoms with Crippen molar-refractivity contribution in [2.24, 2.45) is 11.7 Å². The van der Waals surface area contributed by atoms with Gasteiger partial charge in [-0.2, -0.15) is 0 Å². The van der Waals surface area contributed by atoms with Gasteiger partial charge < -0.3 is 10.8 Å². The van der Waals surface area contributed by atoms with E-state index in [-0.39, 0.29) is 11.8 Å². The summed E-state index contributed by atoms with van der Waals surface area (Å²) < 4.78 is 0. The topological polar surface area (TPSA) is 63.3 Å². The maximum Gasteiger partial charge on any atom is 0.320 e. The third-order valence-electron chi connectivity index (χ3n) is 4.68. The SMILES string of the molecule is NC(CC1CCc2ccccc2C1c1ccccc1)C(=O)O. The van der Waals surface area contributed by atoms with Crippen LogP contribution in [0, 0.1) is 5.92 Å². The number of hydrogen-bond acceptors (Lipinski definition) is 2. The lowest BCUT2D eigenvalue weighted by Gasteiger charge is -2.35. The Balaban J connectivity index is 1.98. The van der Waals surface area contributed by atoms with E-state index in [0.29, 0.717) is 6.42 Å². The minimum Gasteiger partial charge on any atom is -0.480 e. The Kier molecular flexibility index (Phi) is 4.25. The molecular formula is C19H21NO2. The number of benzene rings is 2. The van der Waals surface area contributed by atoms with E-state index in [1.54, 1.807) is 0 Å². The fourth-order valence-electron chi connectivity index (χ4n) is 3.62. The van der Waals surface area contributed by atoms with Crippen LogP contribution in [-0.2, 0) is 11.2 Å². The van der Waals surface area contributed by atoms with Crippen LogP contribution in [0.25, 0.3) is 0 Å². The highest BCUT2D eigenvalue weighted by Gasteiger charge is 2.32. The second-order valence-corrected chi connectivity index (χ2v) is 6.07. The number of hydrogen-bond donors (Lipinski definition) is 2. The summed E-state index contributed by atoms with van der Waals surface area (Å²) in [6, 6.07) is 18.1. The third kappa shape index (κ3) is 2.90. The summed E-state index contributed by atoms with van der Waals surface area (Å²) in [6.45, 7) is 0. The predicted molar refractivity (Wildman–Crippen MR) is 86.8 cm³/mol. The highest BCUT2D eigenvalue weighted by molar-refractivity contribution is 5.73. The zero-order valence-electron chi connectivity index (χ0n) is 12.5.